The minimum atomic E-state index is -0.442. The maximum absolute atomic E-state index is 11.9. The van der Waals surface area contributed by atoms with Crippen LogP contribution in [0.4, 0.5) is 5.69 Å². The molecule has 7 heteroatoms. The van der Waals surface area contributed by atoms with E-state index in [1.54, 1.807) is 24.1 Å². The van der Waals surface area contributed by atoms with Crippen LogP contribution in [0.1, 0.15) is 18.7 Å². The summed E-state index contributed by atoms with van der Waals surface area (Å²) in [5, 5.41) is 13.8. The van der Waals surface area contributed by atoms with Crippen LogP contribution >= 0.6 is 0 Å². The Morgan fingerprint density at radius 2 is 2.15 bits per heavy atom. The number of rotatable bonds is 5. The molecule has 0 radical (unpaired) electrons. The van der Waals surface area contributed by atoms with E-state index in [-0.39, 0.29) is 30.3 Å². The highest BCUT2D eigenvalue weighted by atomic mass is 16.6. The Labute approximate surface area is 116 Å². The summed E-state index contributed by atoms with van der Waals surface area (Å²) >= 11 is 0. The summed E-state index contributed by atoms with van der Waals surface area (Å²) in [4.78, 5) is 23.9. The first-order valence-electron chi connectivity index (χ1n) is 6.32. The largest absolute Gasteiger partial charge is 0.383 e. The average molecular weight is 279 g/mol. The second-order valence-corrected chi connectivity index (χ2v) is 4.74. The molecule has 2 atom stereocenters. The number of carbonyl (C=O) groups excluding carboxylic acids is 1. The molecule has 2 unspecified atom stereocenters. The smallest absolute Gasteiger partial charge is 0.269 e. The molecule has 1 N–H and O–H groups in total. The Kier molecular flexibility index (Phi) is 4.31. The van der Waals surface area contributed by atoms with Crippen LogP contribution in [0.25, 0.3) is 0 Å². The number of nitrogens with one attached hydrogen (secondary N) is 1. The van der Waals surface area contributed by atoms with Gasteiger partial charge in [-0.2, -0.15) is 0 Å². The predicted octanol–water partition coefficient (Wildman–Crippen LogP) is 1.06. The summed E-state index contributed by atoms with van der Waals surface area (Å²) in [6.07, 6.45) is -0.270. The summed E-state index contributed by atoms with van der Waals surface area (Å²) < 4.78 is 5.09. The molecule has 1 aliphatic heterocycles. The lowest BCUT2D eigenvalue weighted by atomic mass is 10.1. The SMILES string of the molecule is COCC(C)N1C(=O)CNC1c1ccc([N+](=O)[O-])cc1. The molecule has 0 saturated carbocycles. The molecule has 0 bridgehead atoms. The van der Waals surface area contributed by atoms with Gasteiger partial charge in [0.15, 0.2) is 0 Å². The molecule has 0 aromatic heterocycles. The maximum atomic E-state index is 11.9. The second-order valence-electron chi connectivity index (χ2n) is 4.74. The van der Waals surface area contributed by atoms with Crippen molar-refractivity contribution in [2.75, 3.05) is 20.3 Å². The van der Waals surface area contributed by atoms with Gasteiger partial charge in [0.2, 0.25) is 5.91 Å². The van der Waals surface area contributed by atoms with Crippen LogP contribution in [0, 0.1) is 10.1 Å². The molecular formula is C13H17N3O4. The third kappa shape index (κ3) is 2.78. The third-order valence-electron chi connectivity index (χ3n) is 3.32. The average Bonchev–Trinajstić information content (AvgIpc) is 2.81. The van der Waals surface area contributed by atoms with Crippen molar-refractivity contribution in [2.24, 2.45) is 0 Å². The van der Waals surface area contributed by atoms with Crippen molar-refractivity contribution >= 4 is 11.6 Å². The molecule has 1 aromatic rings. The van der Waals surface area contributed by atoms with Gasteiger partial charge in [0.05, 0.1) is 24.1 Å². The normalized spacial score (nSPS) is 20.2. The topological polar surface area (TPSA) is 84.7 Å². The van der Waals surface area contributed by atoms with Crippen LogP contribution < -0.4 is 5.32 Å². The fraction of sp³-hybridized carbons (Fsp3) is 0.462. The highest BCUT2D eigenvalue weighted by Crippen LogP contribution is 2.26. The van der Waals surface area contributed by atoms with Crippen LogP contribution in [0.5, 0.6) is 0 Å². The van der Waals surface area contributed by atoms with Crippen molar-refractivity contribution < 1.29 is 14.5 Å². The second kappa shape index (κ2) is 5.98. The number of nitrogens with zero attached hydrogens (tertiary/aromatic N) is 2. The van der Waals surface area contributed by atoms with E-state index in [0.29, 0.717) is 6.61 Å². The van der Waals surface area contributed by atoms with Gasteiger partial charge in [-0.1, -0.05) is 0 Å². The standard InChI is InChI=1S/C13H17N3O4/c1-9(8-20-2)15-12(17)7-14-13(15)10-3-5-11(6-4-10)16(18)19/h3-6,9,13-14H,7-8H2,1-2H3. The lowest BCUT2D eigenvalue weighted by Crippen LogP contribution is -2.40. The van der Waals surface area contributed by atoms with E-state index in [1.165, 1.54) is 12.1 Å². The lowest BCUT2D eigenvalue weighted by Gasteiger charge is -2.30. The maximum Gasteiger partial charge on any atom is 0.269 e. The number of hydrogen-bond acceptors (Lipinski definition) is 5. The molecule has 0 spiro atoms. The number of amides is 1. The number of carbonyl (C=O) groups is 1. The Bertz CT molecular complexity index is 503. The van der Waals surface area contributed by atoms with E-state index >= 15 is 0 Å². The lowest BCUT2D eigenvalue weighted by molar-refractivity contribution is -0.384. The highest BCUT2D eigenvalue weighted by Gasteiger charge is 2.34. The Morgan fingerprint density at radius 3 is 2.70 bits per heavy atom. The van der Waals surface area contributed by atoms with Gasteiger partial charge >= 0.3 is 0 Å². The van der Waals surface area contributed by atoms with E-state index in [9.17, 15) is 14.9 Å². The van der Waals surface area contributed by atoms with Crippen LogP contribution in [0.2, 0.25) is 0 Å². The summed E-state index contributed by atoms with van der Waals surface area (Å²) in [7, 11) is 1.59. The molecule has 1 aliphatic rings. The minimum absolute atomic E-state index is 0.00194. The molecule has 1 aromatic carbocycles. The molecule has 7 nitrogen and oxygen atoms in total. The number of methoxy groups -OCH3 is 1. The molecule has 0 aliphatic carbocycles. The van der Waals surface area contributed by atoms with Crippen molar-refractivity contribution in [3.8, 4) is 0 Å². The molecule has 1 saturated heterocycles. The van der Waals surface area contributed by atoms with Crippen LogP contribution in [-0.4, -0.2) is 42.0 Å². The summed E-state index contributed by atoms with van der Waals surface area (Å²) in [6.45, 7) is 2.61. The van der Waals surface area contributed by atoms with Gasteiger partial charge in [-0.15, -0.1) is 0 Å². The number of nitro benzene ring substituents is 1. The number of ether oxygens (including phenoxy) is 1. The van der Waals surface area contributed by atoms with Gasteiger partial charge in [0.25, 0.3) is 5.69 Å². The summed E-state index contributed by atoms with van der Waals surface area (Å²) in [5.41, 5.74) is 0.860. The van der Waals surface area contributed by atoms with Gasteiger partial charge in [0, 0.05) is 19.2 Å². The van der Waals surface area contributed by atoms with Crippen LogP contribution in [-0.2, 0) is 9.53 Å². The van der Waals surface area contributed by atoms with E-state index in [1.807, 2.05) is 6.92 Å². The van der Waals surface area contributed by atoms with Crippen molar-refractivity contribution in [3.63, 3.8) is 0 Å². The van der Waals surface area contributed by atoms with Crippen molar-refractivity contribution in [3.05, 3.63) is 39.9 Å². The van der Waals surface area contributed by atoms with Crippen molar-refractivity contribution in [1.29, 1.82) is 0 Å². The fourth-order valence-electron chi connectivity index (χ4n) is 2.40. The first-order valence-corrected chi connectivity index (χ1v) is 6.32. The molecule has 2 rings (SSSR count). The van der Waals surface area contributed by atoms with Gasteiger partial charge < -0.3 is 9.64 Å². The number of hydrogen-bond donors (Lipinski definition) is 1. The van der Waals surface area contributed by atoms with Crippen LogP contribution in [0.3, 0.4) is 0 Å². The Morgan fingerprint density at radius 1 is 1.50 bits per heavy atom. The third-order valence-corrected chi connectivity index (χ3v) is 3.32. The summed E-state index contributed by atoms with van der Waals surface area (Å²) in [6, 6.07) is 6.16. The zero-order chi connectivity index (χ0) is 14.7. The van der Waals surface area contributed by atoms with Gasteiger partial charge in [-0.05, 0) is 24.6 Å². The Hall–Kier alpha value is -1.99. The molecule has 1 fully saturated rings. The number of nitro groups is 1. The monoisotopic (exact) mass is 279 g/mol. The molecule has 20 heavy (non-hydrogen) atoms. The molecule has 108 valence electrons. The first kappa shape index (κ1) is 14.4. The summed E-state index contributed by atoms with van der Waals surface area (Å²) in [5.74, 6) is -0.00194. The molecule has 1 amide bonds. The minimum Gasteiger partial charge on any atom is -0.383 e. The van der Waals surface area contributed by atoms with E-state index in [0.717, 1.165) is 5.56 Å². The van der Waals surface area contributed by atoms with E-state index in [2.05, 4.69) is 5.32 Å². The number of benzene rings is 1. The Balaban J connectivity index is 2.21. The zero-order valence-electron chi connectivity index (χ0n) is 11.4. The van der Waals surface area contributed by atoms with Gasteiger partial charge in [-0.25, -0.2) is 0 Å². The first-order chi connectivity index (χ1) is 9.54. The van der Waals surface area contributed by atoms with Crippen molar-refractivity contribution in [2.45, 2.75) is 19.1 Å². The van der Waals surface area contributed by atoms with Gasteiger partial charge in [-0.3, -0.25) is 20.2 Å². The van der Waals surface area contributed by atoms with Crippen molar-refractivity contribution in [1.82, 2.24) is 10.2 Å². The van der Waals surface area contributed by atoms with E-state index in [4.69, 9.17) is 4.74 Å². The quantitative estimate of drug-likeness (QED) is 0.643. The highest BCUT2D eigenvalue weighted by molar-refractivity contribution is 5.81. The van der Waals surface area contributed by atoms with E-state index < -0.39 is 4.92 Å². The van der Waals surface area contributed by atoms with Gasteiger partial charge in [0.1, 0.15) is 6.17 Å². The zero-order valence-corrected chi connectivity index (χ0v) is 11.4. The van der Waals surface area contributed by atoms with Crippen LogP contribution in [0.15, 0.2) is 24.3 Å². The number of non-ortho nitro benzene ring substituents is 1. The predicted molar refractivity (Wildman–Crippen MR) is 72.0 cm³/mol. The molecular weight excluding hydrogens is 262 g/mol. The molecule has 1 heterocycles. The fourth-order valence-corrected chi connectivity index (χ4v) is 2.40.